The Morgan fingerprint density at radius 3 is 2.31 bits per heavy atom. The van der Waals surface area contributed by atoms with Crippen LogP contribution < -0.4 is 5.73 Å². The first kappa shape index (κ1) is 20.6. The normalized spacial score (nSPS) is 18.3. The van der Waals surface area contributed by atoms with Crippen molar-refractivity contribution in [2.24, 2.45) is 5.92 Å². The van der Waals surface area contributed by atoms with E-state index in [2.05, 4.69) is 0 Å². The Kier molecular flexibility index (Phi) is 7.33. The van der Waals surface area contributed by atoms with Gasteiger partial charge in [-0.25, -0.2) is 0 Å². The number of benzene rings is 1. The zero-order chi connectivity index (χ0) is 17.8. The summed E-state index contributed by atoms with van der Waals surface area (Å²) in [7, 11) is 0. The van der Waals surface area contributed by atoms with Crippen molar-refractivity contribution in [1.29, 1.82) is 0 Å². The average Bonchev–Trinajstić information content (AvgIpc) is 2.64. The number of carbonyl (C=O) groups excluding carboxylic acids is 2. The summed E-state index contributed by atoms with van der Waals surface area (Å²) in [5.74, 6) is 0.846. The lowest BCUT2D eigenvalue weighted by molar-refractivity contribution is -0.133. The molecule has 1 aromatic carbocycles. The van der Waals surface area contributed by atoms with E-state index in [1.165, 1.54) is 32.1 Å². The van der Waals surface area contributed by atoms with Crippen molar-refractivity contribution in [3.63, 3.8) is 0 Å². The number of hydrogen-bond acceptors (Lipinski definition) is 3. The van der Waals surface area contributed by atoms with Crippen LogP contribution in [0.2, 0.25) is 0 Å². The standard InChI is InChI=1S/C20H29N3O2.ClH/c1-15-7-8-17(21)14-18(15)20(25)23-11-9-22(10-12-23)19(24)13-16-5-3-2-4-6-16;/h7-8,14,16H,2-6,9-13,21H2,1H3;1H. The van der Waals surface area contributed by atoms with Gasteiger partial charge in [0.25, 0.3) is 5.91 Å². The van der Waals surface area contributed by atoms with Crippen LogP contribution in [-0.2, 0) is 4.79 Å². The summed E-state index contributed by atoms with van der Waals surface area (Å²) in [6, 6.07) is 5.44. The second kappa shape index (κ2) is 9.26. The number of aryl methyl sites for hydroxylation is 1. The molecule has 2 fully saturated rings. The van der Waals surface area contributed by atoms with Gasteiger partial charge in [-0.2, -0.15) is 0 Å². The summed E-state index contributed by atoms with van der Waals surface area (Å²) in [5.41, 5.74) is 8.04. The van der Waals surface area contributed by atoms with Gasteiger partial charge < -0.3 is 15.5 Å². The van der Waals surface area contributed by atoms with E-state index < -0.39 is 0 Å². The van der Waals surface area contributed by atoms with Crippen LogP contribution in [-0.4, -0.2) is 47.8 Å². The third-order valence-corrected chi connectivity index (χ3v) is 5.60. The second-order valence-electron chi connectivity index (χ2n) is 7.46. The van der Waals surface area contributed by atoms with Crippen molar-refractivity contribution >= 4 is 29.9 Å². The summed E-state index contributed by atoms with van der Waals surface area (Å²) in [4.78, 5) is 29.0. The van der Waals surface area contributed by atoms with Gasteiger partial charge in [0.05, 0.1) is 0 Å². The molecule has 1 aliphatic heterocycles. The summed E-state index contributed by atoms with van der Waals surface area (Å²) >= 11 is 0. The minimum absolute atomic E-state index is 0. The number of rotatable bonds is 3. The molecule has 5 nitrogen and oxygen atoms in total. The number of anilines is 1. The first-order valence-electron chi connectivity index (χ1n) is 9.48. The Balaban J connectivity index is 0.00000243. The van der Waals surface area contributed by atoms with Crippen LogP contribution in [0.15, 0.2) is 18.2 Å². The van der Waals surface area contributed by atoms with Crippen LogP contribution >= 0.6 is 12.4 Å². The van der Waals surface area contributed by atoms with Crippen molar-refractivity contribution in [3.8, 4) is 0 Å². The number of hydrogen-bond donors (Lipinski definition) is 1. The van der Waals surface area contributed by atoms with Gasteiger partial charge in [0.15, 0.2) is 0 Å². The maximum atomic E-state index is 12.7. The van der Waals surface area contributed by atoms with Crippen LogP contribution in [0, 0.1) is 12.8 Å². The molecule has 6 heteroatoms. The van der Waals surface area contributed by atoms with Gasteiger partial charge in [-0.05, 0) is 43.4 Å². The molecular weight excluding hydrogens is 350 g/mol. The molecule has 0 aromatic heterocycles. The lowest BCUT2D eigenvalue weighted by Crippen LogP contribution is -2.51. The maximum Gasteiger partial charge on any atom is 0.254 e. The Hall–Kier alpha value is -1.75. The molecule has 2 amide bonds. The molecule has 1 aromatic rings. The van der Waals surface area contributed by atoms with Crippen molar-refractivity contribution in [3.05, 3.63) is 29.3 Å². The van der Waals surface area contributed by atoms with Gasteiger partial charge in [0.2, 0.25) is 5.91 Å². The quantitative estimate of drug-likeness (QED) is 0.819. The first-order chi connectivity index (χ1) is 12.0. The molecule has 1 saturated carbocycles. The fourth-order valence-corrected chi connectivity index (χ4v) is 3.97. The van der Waals surface area contributed by atoms with E-state index in [1.54, 1.807) is 6.07 Å². The molecule has 144 valence electrons. The summed E-state index contributed by atoms with van der Waals surface area (Å²) in [5, 5.41) is 0. The molecule has 0 unspecified atom stereocenters. The first-order valence-corrected chi connectivity index (χ1v) is 9.48. The van der Waals surface area contributed by atoms with Gasteiger partial charge in [-0.15, -0.1) is 12.4 Å². The van der Waals surface area contributed by atoms with E-state index in [9.17, 15) is 9.59 Å². The zero-order valence-electron chi connectivity index (χ0n) is 15.6. The fraction of sp³-hybridized carbons (Fsp3) is 0.600. The number of nitrogens with two attached hydrogens (primary N) is 1. The molecule has 2 aliphatic rings. The van der Waals surface area contributed by atoms with Gasteiger partial charge in [-0.3, -0.25) is 9.59 Å². The highest BCUT2D eigenvalue weighted by Crippen LogP contribution is 2.27. The molecular formula is C20H30ClN3O2. The van der Waals surface area contributed by atoms with Crippen LogP contribution in [0.5, 0.6) is 0 Å². The zero-order valence-corrected chi connectivity index (χ0v) is 16.4. The number of amides is 2. The second-order valence-corrected chi connectivity index (χ2v) is 7.46. The van der Waals surface area contributed by atoms with E-state index in [4.69, 9.17) is 5.73 Å². The third kappa shape index (κ3) is 4.91. The lowest BCUT2D eigenvalue weighted by Gasteiger charge is -2.36. The summed E-state index contributed by atoms with van der Waals surface area (Å²) in [6.45, 7) is 4.40. The summed E-state index contributed by atoms with van der Waals surface area (Å²) < 4.78 is 0. The van der Waals surface area contributed by atoms with E-state index >= 15 is 0 Å². The van der Waals surface area contributed by atoms with Gasteiger partial charge >= 0.3 is 0 Å². The predicted octanol–water partition coefficient (Wildman–Crippen LogP) is 3.25. The van der Waals surface area contributed by atoms with Gasteiger partial charge in [0.1, 0.15) is 0 Å². The lowest BCUT2D eigenvalue weighted by atomic mass is 9.86. The fourth-order valence-electron chi connectivity index (χ4n) is 3.97. The van der Waals surface area contributed by atoms with E-state index in [0.29, 0.717) is 49.8 Å². The molecule has 1 aliphatic carbocycles. The minimum Gasteiger partial charge on any atom is -0.399 e. The molecule has 1 saturated heterocycles. The number of nitrogen functional groups attached to an aromatic ring is 1. The molecule has 0 spiro atoms. The van der Waals surface area contributed by atoms with E-state index in [0.717, 1.165) is 5.56 Å². The van der Waals surface area contributed by atoms with Crippen molar-refractivity contribution in [2.45, 2.75) is 45.4 Å². The van der Waals surface area contributed by atoms with Crippen molar-refractivity contribution in [2.75, 3.05) is 31.9 Å². The topological polar surface area (TPSA) is 66.6 Å². The number of carbonyl (C=O) groups is 2. The van der Waals surface area contributed by atoms with Crippen LogP contribution in [0.3, 0.4) is 0 Å². The highest BCUT2D eigenvalue weighted by molar-refractivity contribution is 5.96. The Labute approximate surface area is 162 Å². The van der Waals surface area contributed by atoms with Crippen molar-refractivity contribution < 1.29 is 9.59 Å². The Bertz CT molecular complexity index is 636. The molecule has 3 rings (SSSR count). The number of halogens is 1. The predicted molar refractivity (Wildman–Crippen MR) is 107 cm³/mol. The van der Waals surface area contributed by atoms with Crippen LogP contribution in [0.4, 0.5) is 5.69 Å². The van der Waals surface area contributed by atoms with Crippen LogP contribution in [0.25, 0.3) is 0 Å². The number of piperazine rings is 1. The average molecular weight is 380 g/mol. The molecule has 1 heterocycles. The maximum absolute atomic E-state index is 12.7. The highest BCUT2D eigenvalue weighted by atomic mass is 35.5. The van der Waals surface area contributed by atoms with Gasteiger partial charge in [-0.1, -0.05) is 25.3 Å². The molecule has 2 N–H and O–H groups in total. The number of nitrogens with zero attached hydrogens (tertiary/aromatic N) is 2. The van der Waals surface area contributed by atoms with Crippen molar-refractivity contribution in [1.82, 2.24) is 9.80 Å². The molecule has 26 heavy (non-hydrogen) atoms. The summed E-state index contributed by atoms with van der Waals surface area (Å²) in [6.07, 6.45) is 6.91. The van der Waals surface area contributed by atoms with Gasteiger partial charge in [0, 0.05) is 43.9 Å². The Morgan fingerprint density at radius 2 is 1.65 bits per heavy atom. The molecule has 0 radical (unpaired) electrons. The van der Waals surface area contributed by atoms with E-state index in [-0.39, 0.29) is 24.2 Å². The molecule has 0 atom stereocenters. The van der Waals surface area contributed by atoms with Crippen LogP contribution in [0.1, 0.15) is 54.4 Å². The van der Waals surface area contributed by atoms with E-state index in [1.807, 2.05) is 28.9 Å². The smallest absolute Gasteiger partial charge is 0.254 e. The monoisotopic (exact) mass is 379 g/mol. The molecule has 0 bridgehead atoms. The minimum atomic E-state index is 0. The Morgan fingerprint density at radius 1 is 1.04 bits per heavy atom. The third-order valence-electron chi connectivity index (χ3n) is 5.60. The SMILES string of the molecule is Cc1ccc(N)cc1C(=O)N1CCN(C(=O)CC2CCCCC2)CC1.Cl. The largest absolute Gasteiger partial charge is 0.399 e. The highest BCUT2D eigenvalue weighted by Gasteiger charge is 2.27.